The number of rotatable bonds is 7. The van der Waals surface area contributed by atoms with Crippen LogP contribution in [-0.2, 0) is 0 Å². The van der Waals surface area contributed by atoms with Crippen LogP contribution in [0.25, 0.3) is 11.4 Å². The zero-order valence-corrected chi connectivity index (χ0v) is 20.5. The second kappa shape index (κ2) is 10.6. The molecule has 2 atom stereocenters. The Morgan fingerprint density at radius 1 is 0.800 bits per heavy atom. The molecule has 0 bridgehead atoms. The highest BCUT2D eigenvalue weighted by Gasteiger charge is 2.38. The van der Waals surface area contributed by atoms with Gasteiger partial charge < -0.3 is 15.4 Å². The number of nitrogens with zero attached hydrogens (tertiary/aromatic N) is 2. The Kier molecular flexibility index (Phi) is 7.09. The molecule has 1 saturated heterocycles. The number of hydrogen-bond donors (Lipinski definition) is 3. The third-order valence-corrected chi connectivity index (χ3v) is 7.16. The van der Waals surface area contributed by atoms with Gasteiger partial charge in [-0.15, -0.1) is 0 Å². The van der Waals surface area contributed by atoms with E-state index in [1.54, 1.807) is 0 Å². The van der Waals surface area contributed by atoms with E-state index in [0.29, 0.717) is 0 Å². The number of hydrogen-bond acceptors (Lipinski definition) is 4. The number of nitrogens with one attached hydrogen (secondary N) is 2. The summed E-state index contributed by atoms with van der Waals surface area (Å²) in [5.74, 6) is 0.813. The van der Waals surface area contributed by atoms with E-state index in [2.05, 4.69) is 82.8 Å². The highest BCUT2D eigenvalue weighted by Crippen LogP contribution is 2.38. The van der Waals surface area contributed by atoms with E-state index in [4.69, 9.17) is 4.98 Å². The topological polar surface area (TPSA) is 64.2 Å². The van der Waals surface area contributed by atoms with E-state index >= 15 is 0 Å². The third kappa shape index (κ3) is 4.94. The fourth-order valence-corrected chi connectivity index (χ4v) is 5.37. The Labute approximate surface area is 207 Å². The summed E-state index contributed by atoms with van der Waals surface area (Å²) >= 11 is 0. The normalized spacial score (nSPS) is 16.3. The van der Waals surface area contributed by atoms with Crippen molar-refractivity contribution in [1.29, 1.82) is 0 Å². The molecular formula is C30H34N4O. The number of aromatic amines is 1. The maximum absolute atomic E-state index is 12.1. The summed E-state index contributed by atoms with van der Waals surface area (Å²) < 4.78 is 0. The van der Waals surface area contributed by atoms with Crippen molar-refractivity contribution in [1.82, 2.24) is 20.2 Å². The first-order valence-electron chi connectivity index (χ1n) is 12.5. The van der Waals surface area contributed by atoms with Crippen LogP contribution in [0.3, 0.4) is 0 Å². The zero-order valence-electron chi connectivity index (χ0n) is 20.5. The molecule has 4 aromatic rings. The molecule has 0 aliphatic carbocycles. The molecule has 1 aliphatic heterocycles. The molecule has 5 heteroatoms. The van der Waals surface area contributed by atoms with Crippen LogP contribution in [0.5, 0.6) is 0 Å². The molecular weight excluding hydrogens is 432 g/mol. The van der Waals surface area contributed by atoms with E-state index in [1.165, 1.54) is 11.1 Å². The molecule has 0 spiro atoms. The molecule has 2 heterocycles. The van der Waals surface area contributed by atoms with Gasteiger partial charge in [0.2, 0.25) is 0 Å². The lowest BCUT2D eigenvalue weighted by Gasteiger charge is -2.42. The number of aliphatic hydroxyl groups excluding tert-OH is 1. The fraction of sp³-hybridized carbons (Fsp3) is 0.300. The van der Waals surface area contributed by atoms with Gasteiger partial charge in [0.05, 0.1) is 11.7 Å². The number of piperazine rings is 1. The molecule has 0 amide bonds. The first kappa shape index (κ1) is 23.5. The fourth-order valence-electron chi connectivity index (χ4n) is 5.37. The smallest absolute Gasteiger partial charge is 0.138 e. The minimum Gasteiger partial charge on any atom is -0.385 e. The number of benzene rings is 3. The molecule has 35 heavy (non-hydrogen) atoms. The molecule has 1 aliphatic rings. The van der Waals surface area contributed by atoms with Gasteiger partial charge in [0, 0.05) is 43.4 Å². The van der Waals surface area contributed by atoms with Gasteiger partial charge in [-0.3, -0.25) is 4.90 Å². The number of H-pyrrole nitrogens is 1. The highest BCUT2D eigenvalue weighted by molar-refractivity contribution is 5.60. The first-order chi connectivity index (χ1) is 17.1. The Morgan fingerprint density at radius 3 is 1.97 bits per heavy atom. The van der Waals surface area contributed by atoms with Crippen molar-refractivity contribution in [3.63, 3.8) is 0 Å². The largest absolute Gasteiger partial charge is 0.385 e. The molecule has 1 aromatic heterocycles. The second-order valence-corrected chi connectivity index (χ2v) is 9.43. The van der Waals surface area contributed by atoms with Crippen LogP contribution in [0.4, 0.5) is 0 Å². The highest BCUT2D eigenvalue weighted by atomic mass is 16.3. The van der Waals surface area contributed by atoms with Crippen molar-refractivity contribution < 1.29 is 5.11 Å². The predicted molar refractivity (Wildman–Crippen MR) is 141 cm³/mol. The molecule has 5 rings (SSSR count). The minimum atomic E-state index is -0.757. The predicted octanol–water partition coefficient (Wildman–Crippen LogP) is 4.83. The Bertz CT molecular complexity index is 1190. The van der Waals surface area contributed by atoms with Crippen LogP contribution < -0.4 is 5.32 Å². The number of aryl methyl sites for hydroxylation is 2. The molecule has 2 unspecified atom stereocenters. The summed E-state index contributed by atoms with van der Waals surface area (Å²) in [6, 6.07) is 29.2. The van der Waals surface area contributed by atoms with Gasteiger partial charge in [0.1, 0.15) is 11.9 Å². The van der Waals surface area contributed by atoms with Gasteiger partial charge in [-0.1, -0.05) is 84.9 Å². The van der Waals surface area contributed by atoms with E-state index in [-0.39, 0.29) is 12.0 Å². The van der Waals surface area contributed by atoms with Gasteiger partial charge in [-0.2, -0.15) is 0 Å². The molecule has 3 aromatic carbocycles. The molecule has 180 valence electrons. The third-order valence-electron chi connectivity index (χ3n) is 7.16. The van der Waals surface area contributed by atoms with E-state index in [0.717, 1.165) is 54.5 Å². The SMILES string of the molecule is Cc1ccccc1-c1nc(C(O)C(C(c2ccccc2)c2ccccc2)N2CCNCC2)c(C)[nH]1. The Hall–Kier alpha value is -3.25. The van der Waals surface area contributed by atoms with Crippen molar-refractivity contribution in [3.8, 4) is 11.4 Å². The lowest BCUT2D eigenvalue weighted by molar-refractivity contribution is 0.0295. The number of aliphatic hydroxyl groups is 1. The van der Waals surface area contributed by atoms with Gasteiger partial charge in [0.15, 0.2) is 0 Å². The second-order valence-electron chi connectivity index (χ2n) is 9.43. The Balaban J connectivity index is 1.61. The minimum absolute atomic E-state index is 0.00325. The van der Waals surface area contributed by atoms with Crippen molar-refractivity contribution >= 4 is 0 Å². The van der Waals surface area contributed by atoms with Crippen LogP contribution in [0, 0.1) is 13.8 Å². The summed E-state index contributed by atoms with van der Waals surface area (Å²) in [6.45, 7) is 7.69. The van der Waals surface area contributed by atoms with E-state index in [9.17, 15) is 5.11 Å². The van der Waals surface area contributed by atoms with Crippen molar-refractivity contribution in [2.75, 3.05) is 26.2 Å². The van der Waals surface area contributed by atoms with E-state index < -0.39 is 6.10 Å². The van der Waals surface area contributed by atoms with Crippen molar-refractivity contribution in [3.05, 3.63) is 113 Å². The van der Waals surface area contributed by atoms with E-state index in [1.807, 2.05) is 31.2 Å². The summed E-state index contributed by atoms with van der Waals surface area (Å²) in [6.07, 6.45) is -0.757. The van der Waals surface area contributed by atoms with Crippen LogP contribution in [0.2, 0.25) is 0 Å². The lowest BCUT2D eigenvalue weighted by atomic mass is 9.80. The number of imidazole rings is 1. The van der Waals surface area contributed by atoms with Crippen LogP contribution >= 0.6 is 0 Å². The van der Waals surface area contributed by atoms with Gasteiger partial charge in [-0.25, -0.2) is 4.98 Å². The summed E-state index contributed by atoms with van der Waals surface area (Å²) in [7, 11) is 0. The summed E-state index contributed by atoms with van der Waals surface area (Å²) in [5, 5.41) is 15.6. The Morgan fingerprint density at radius 2 is 1.37 bits per heavy atom. The monoisotopic (exact) mass is 466 g/mol. The first-order valence-corrected chi connectivity index (χ1v) is 12.5. The van der Waals surface area contributed by atoms with Crippen LogP contribution in [0.1, 0.15) is 40.1 Å². The standard InChI is InChI=1S/C30H34N4O/c1-21-11-9-10-16-25(21)30-32-22(2)27(33-30)29(35)28(34-19-17-31-18-20-34)26(23-12-5-3-6-13-23)24-14-7-4-8-15-24/h3-16,26,28-29,31,35H,17-20H2,1-2H3,(H,32,33). The zero-order chi connectivity index (χ0) is 24.2. The van der Waals surface area contributed by atoms with Crippen molar-refractivity contribution in [2.45, 2.75) is 31.9 Å². The van der Waals surface area contributed by atoms with Gasteiger partial charge in [0.25, 0.3) is 0 Å². The van der Waals surface area contributed by atoms with Gasteiger partial charge >= 0.3 is 0 Å². The quantitative estimate of drug-likeness (QED) is 0.365. The average molecular weight is 467 g/mol. The molecule has 1 fully saturated rings. The van der Waals surface area contributed by atoms with Crippen LogP contribution in [-0.4, -0.2) is 52.2 Å². The average Bonchev–Trinajstić information content (AvgIpc) is 3.30. The lowest BCUT2D eigenvalue weighted by Crippen LogP contribution is -2.52. The van der Waals surface area contributed by atoms with Gasteiger partial charge in [-0.05, 0) is 30.5 Å². The van der Waals surface area contributed by atoms with Crippen LogP contribution in [0.15, 0.2) is 84.9 Å². The maximum atomic E-state index is 12.1. The molecule has 0 saturated carbocycles. The summed E-state index contributed by atoms with van der Waals surface area (Å²) in [4.78, 5) is 10.9. The molecule has 0 radical (unpaired) electrons. The molecule has 3 N–H and O–H groups in total. The number of aromatic nitrogens is 2. The summed E-state index contributed by atoms with van der Waals surface area (Å²) in [5.41, 5.74) is 6.27. The van der Waals surface area contributed by atoms with Crippen molar-refractivity contribution in [2.24, 2.45) is 0 Å². The molecule has 5 nitrogen and oxygen atoms in total. The maximum Gasteiger partial charge on any atom is 0.138 e.